The summed E-state index contributed by atoms with van der Waals surface area (Å²) in [6.45, 7) is 1.99. The summed E-state index contributed by atoms with van der Waals surface area (Å²) in [7, 11) is 0. The average Bonchev–Trinajstić information content (AvgIpc) is 3.15. The zero-order chi connectivity index (χ0) is 18.8. The Morgan fingerprint density at radius 1 is 1.26 bits per heavy atom. The van der Waals surface area contributed by atoms with E-state index in [1.165, 1.54) is 0 Å². The molecule has 0 fully saturated rings. The van der Waals surface area contributed by atoms with Crippen molar-refractivity contribution >= 4 is 28.4 Å². The van der Waals surface area contributed by atoms with Gasteiger partial charge in [0.25, 0.3) is 5.91 Å². The number of fused-ring (bicyclic) bond motifs is 2. The normalized spacial score (nSPS) is 13.4. The first kappa shape index (κ1) is 17.4. The zero-order valence-corrected chi connectivity index (χ0v) is 15.3. The summed E-state index contributed by atoms with van der Waals surface area (Å²) in [6.07, 6.45) is 1.66. The van der Waals surface area contributed by atoms with Crippen LogP contribution in [-0.4, -0.2) is 24.3 Å². The van der Waals surface area contributed by atoms with Crippen molar-refractivity contribution in [2.75, 3.05) is 13.4 Å². The first-order chi connectivity index (χ1) is 13.1. The SMILES string of the molecule is C[C@@H](NC(=O)COc1ccc(Cl)c2cccnc12)c1ccc2c(c1)OCO2. The molecule has 0 aliphatic carbocycles. The second kappa shape index (κ2) is 7.32. The topological polar surface area (TPSA) is 69.7 Å². The fraction of sp³-hybridized carbons (Fsp3) is 0.200. The van der Waals surface area contributed by atoms with Gasteiger partial charge in [-0.25, -0.2) is 0 Å². The van der Waals surface area contributed by atoms with E-state index in [1.54, 1.807) is 24.4 Å². The van der Waals surface area contributed by atoms with Crippen LogP contribution in [-0.2, 0) is 4.79 Å². The van der Waals surface area contributed by atoms with Gasteiger partial charge in [-0.05, 0) is 48.9 Å². The number of halogens is 1. The number of hydrogen-bond donors (Lipinski definition) is 1. The summed E-state index contributed by atoms with van der Waals surface area (Å²) in [5.74, 6) is 1.67. The van der Waals surface area contributed by atoms with E-state index < -0.39 is 0 Å². The Morgan fingerprint density at radius 2 is 2.11 bits per heavy atom. The molecule has 1 aliphatic heterocycles. The molecule has 0 radical (unpaired) electrons. The minimum absolute atomic E-state index is 0.123. The number of carbonyl (C=O) groups is 1. The van der Waals surface area contributed by atoms with Gasteiger partial charge in [0.2, 0.25) is 6.79 Å². The Labute approximate surface area is 161 Å². The number of ether oxygens (including phenoxy) is 3. The van der Waals surface area contributed by atoms with E-state index >= 15 is 0 Å². The molecular weight excluding hydrogens is 368 g/mol. The van der Waals surface area contributed by atoms with Crippen molar-refractivity contribution < 1.29 is 19.0 Å². The van der Waals surface area contributed by atoms with E-state index in [1.807, 2.05) is 31.2 Å². The molecule has 1 atom stereocenters. The van der Waals surface area contributed by atoms with Gasteiger partial charge < -0.3 is 19.5 Å². The average molecular weight is 385 g/mol. The highest BCUT2D eigenvalue weighted by Crippen LogP contribution is 2.34. The quantitative estimate of drug-likeness (QED) is 0.723. The zero-order valence-electron chi connectivity index (χ0n) is 14.6. The molecule has 1 amide bonds. The van der Waals surface area contributed by atoms with Crippen LogP contribution in [0.2, 0.25) is 5.02 Å². The van der Waals surface area contributed by atoms with Crippen LogP contribution in [0.15, 0.2) is 48.7 Å². The van der Waals surface area contributed by atoms with Crippen LogP contribution in [0, 0.1) is 0 Å². The van der Waals surface area contributed by atoms with Crippen molar-refractivity contribution in [1.29, 1.82) is 0 Å². The minimum Gasteiger partial charge on any atom is -0.481 e. The Balaban J connectivity index is 1.41. The molecule has 0 spiro atoms. The Hall–Kier alpha value is -2.99. The predicted octanol–water partition coefficient (Wildman–Crippen LogP) is 3.87. The maximum absolute atomic E-state index is 12.3. The highest BCUT2D eigenvalue weighted by molar-refractivity contribution is 6.35. The molecule has 0 unspecified atom stereocenters. The minimum atomic E-state index is -0.237. The van der Waals surface area contributed by atoms with Gasteiger partial charge in [0.05, 0.1) is 11.1 Å². The predicted molar refractivity (Wildman–Crippen MR) is 101 cm³/mol. The van der Waals surface area contributed by atoms with Crippen LogP contribution >= 0.6 is 11.6 Å². The van der Waals surface area contributed by atoms with Gasteiger partial charge in [0, 0.05) is 11.6 Å². The lowest BCUT2D eigenvalue weighted by Crippen LogP contribution is -2.31. The molecule has 0 bridgehead atoms. The Morgan fingerprint density at radius 3 is 3.00 bits per heavy atom. The number of nitrogens with one attached hydrogen (secondary N) is 1. The smallest absolute Gasteiger partial charge is 0.258 e. The summed E-state index contributed by atoms with van der Waals surface area (Å²) < 4.78 is 16.3. The lowest BCUT2D eigenvalue weighted by atomic mass is 10.1. The van der Waals surface area contributed by atoms with Crippen LogP contribution in [0.1, 0.15) is 18.5 Å². The molecule has 1 aromatic heterocycles. The lowest BCUT2D eigenvalue weighted by Gasteiger charge is -2.15. The largest absolute Gasteiger partial charge is 0.481 e. The van der Waals surface area contributed by atoms with E-state index in [0.29, 0.717) is 27.8 Å². The van der Waals surface area contributed by atoms with Gasteiger partial charge >= 0.3 is 0 Å². The first-order valence-electron chi connectivity index (χ1n) is 8.47. The number of carbonyl (C=O) groups excluding carboxylic acids is 1. The monoisotopic (exact) mass is 384 g/mol. The molecular formula is C20H17ClN2O4. The molecule has 3 aromatic rings. The second-order valence-electron chi connectivity index (χ2n) is 6.14. The number of benzene rings is 2. The summed E-state index contributed by atoms with van der Waals surface area (Å²) in [5.41, 5.74) is 1.55. The molecule has 1 aliphatic rings. The third-order valence-corrected chi connectivity index (χ3v) is 4.64. The molecule has 6 nitrogen and oxygen atoms in total. The first-order valence-corrected chi connectivity index (χ1v) is 8.84. The Kier molecular flexibility index (Phi) is 4.73. The summed E-state index contributed by atoms with van der Waals surface area (Å²) in [6, 6.07) is 12.5. The standard InChI is InChI=1S/C20H17ClN2O4/c1-12(13-4-6-16-18(9-13)27-11-26-16)23-19(24)10-25-17-7-5-15(21)14-3-2-8-22-20(14)17/h2-9,12H,10-11H2,1H3,(H,23,24)/t12-/m1/s1. The van der Waals surface area contributed by atoms with Crippen molar-refractivity contribution in [1.82, 2.24) is 10.3 Å². The van der Waals surface area contributed by atoms with Crippen LogP contribution in [0.25, 0.3) is 10.9 Å². The Bertz CT molecular complexity index is 1010. The summed E-state index contributed by atoms with van der Waals surface area (Å²) >= 11 is 6.17. The highest BCUT2D eigenvalue weighted by Gasteiger charge is 2.17. The number of hydrogen-bond acceptors (Lipinski definition) is 5. The van der Waals surface area contributed by atoms with Crippen molar-refractivity contribution in [3.8, 4) is 17.2 Å². The van der Waals surface area contributed by atoms with Gasteiger partial charge in [0.1, 0.15) is 11.3 Å². The molecule has 1 N–H and O–H groups in total. The summed E-state index contributed by atoms with van der Waals surface area (Å²) in [5, 5.41) is 4.28. The maximum Gasteiger partial charge on any atom is 0.258 e. The van der Waals surface area contributed by atoms with Gasteiger partial charge in [0.15, 0.2) is 18.1 Å². The molecule has 27 heavy (non-hydrogen) atoms. The third kappa shape index (κ3) is 3.61. The van der Waals surface area contributed by atoms with E-state index in [2.05, 4.69) is 10.3 Å². The second-order valence-corrected chi connectivity index (χ2v) is 6.54. The molecule has 2 heterocycles. The van der Waals surface area contributed by atoms with Gasteiger partial charge in [-0.3, -0.25) is 9.78 Å². The van der Waals surface area contributed by atoms with Crippen molar-refractivity contribution in [3.63, 3.8) is 0 Å². The highest BCUT2D eigenvalue weighted by atomic mass is 35.5. The van der Waals surface area contributed by atoms with Crippen LogP contribution in [0.5, 0.6) is 17.2 Å². The molecule has 0 saturated carbocycles. The fourth-order valence-electron chi connectivity index (χ4n) is 2.92. The van der Waals surface area contributed by atoms with Gasteiger partial charge in [-0.2, -0.15) is 0 Å². The summed E-state index contributed by atoms with van der Waals surface area (Å²) in [4.78, 5) is 16.6. The number of aromatic nitrogens is 1. The number of nitrogens with zero attached hydrogens (tertiary/aromatic N) is 1. The number of amides is 1. The van der Waals surface area contributed by atoms with Crippen LogP contribution in [0.4, 0.5) is 0 Å². The number of rotatable bonds is 5. The maximum atomic E-state index is 12.3. The third-order valence-electron chi connectivity index (χ3n) is 4.31. The molecule has 138 valence electrons. The molecule has 4 rings (SSSR count). The van der Waals surface area contributed by atoms with Crippen molar-refractivity contribution in [2.45, 2.75) is 13.0 Å². The van der Waals surface area contributed by atoms with Gasteiger partial charge in [-0.15, -0.1) is 0 Å². The van der Waals surface area contributed by atoms with E-state index in [0.717, 1.165) is 10.9 Å². The van der Waals surface area contributed by atoms with Gasteiger partial charge in [-0.1, -0.05) is 17.7 Å². The van der Waals surface area contributed by atoms with Crippen LogP contribution in [0.3, 0.4) is 0 Å². The fourth-order valence-corrected chi connectivity index (χ4v) is 3.14. The molecule has 7 heteroatoms. The van der Waals surface area contributed by atoms with E-state index in [-0.39, 0.29) is 25.3 Å². The number of pyridine rings is 1. The van der Waals surface area contributed by atoms with Crippen molar-refractivity contribution in [3.05, 3.63) is 59.2 Å². The lowest BCUT2D eigenvalue weighted by molar-refractivity contribution is -0.123. The van der Waals surface area contributed by atoms with E-state index in [9.17, 15) is 4.79 Å². The van der Waals surface area contributed by atoms with Crippen molar-refractivity contribution in [2.24, 2.45) is 0 Å². The van der Waals surface area contributed by atoms with Crippen LogP contribution < -0.4 is 19.5 Å². The molecule has 0 saturated heterocycles. The molecule has 2 aromatic carbocycles. The van der Waals surface area contributed by atoms with E-state index in [4.69, 9.17) is 25.8 Å².